The lowest BCUT2D eigenvalue weighted by atomic mass is 10.2. The van der Waals surface area contributed by atoms with Crippen LogP contribution in [0.4, 0.5) is 6.01 Å². The van der Waals surface area contributed by atoms with Gasteiger partial charge in [0.2, 0.25) is 5.89 Å². The Bertz CT molecular complexity index is 802. The molecular weight excluding hydrogens is 310 g/mol. The maximum absolute atomic E-state index is 12.3. The molecule has 3 aromatic rings. The van der Waals surface area contributed by atoms with Crippen molar-refractivity contribution in [3.8, 4) is 11.5 Å². The van der Waals surface area contributed by atoms with Gasteiger partial charge in [-0.05, 0) is 36.1 Å². The van der Waals surface area contributed by atoms with Gasteiger partial charge in [0.15, 0.2) is 0 Å². The maximum Gasteiger partial charge on any atom is 0.322 e. The number of nitrogens with one attached hydrogen (secondary N) is 1. The van der Waals surface area contributed by atoms with E-state index in [2.05, 4.69) is 22.4 Å². The Kier molecular flexibility index (Phi) is 4.73. The van der Waals surface area contributed by atoms with Gasteiger partial charge in [-0.15, -0.1) is 16.9 Å². The summed E-state index contributed by atoms with van der Waals surface area (Å²) in [5, 5.41) is 10.4. The van der Waals surface area contributed by atoms with Crippen LogP contribution in [0.3, 0.4) is 0 Å². The molecule has 0 atom stereocenters. The predicted molar refractivity (Wildman–Crippen MR) is 90.5 cm³/mol. The number of benzene rings is 2. The summed E-state index contributed by atoms with van der Waals surface area (Å²) in [6.45, 7) is 2.07. The quantitative estimate of drug-likeness (QED) is 0.715. The second kappa shape index (κ2) is 7.11. The molecule has 0 aliphatic rings. The smallest absolute Gasteiger partial charge is 0.322 e. The van der Waals surface area contributed by atoms with Gasteiger partial charge >= 0.3 is 6.01 Å². The normalized spacial score (nSPS) is 10.5. The lowest BCUT2D eigenvalue weighted by molar-refractivity contribution is 0.102. The van der Waals surface area contributed by atoms with Gasteiger partial charge in [0, 0.05) is 16.0 Å². The number of hydrogen-bond acceptors (Lipinski definition) is 5. The van der Waals surface area contributed by atoms with Crippen LogP contribution < -0.4 is 5.32 Å². The first kappa shape index (κ1) is 15.3. The molecule has 0 saturated carbocycles. The molecule has 1 aromatic heterocycles. The van der Waals surface area contributed by atoms with Crippen molar-refractivity contribution in [1.82, 2.24) is 10.2 Å². The standard InChI is InChI=1S/C17H15N3O2S/c1-2-23-14-10-6-9-13(11-14)15(21)18-17-20-19-16(22-17)12-7-4-3-5-8-12/h3-11H,2H2,1H3,(H,18,20,21). The highest BCUT2D eigenvalue weighted by molar-refractivity contribution is 7.99. The minimum absolute atomic E-state index is 0.0856. The van der Waals surface area contributed by atoms with Crippen LogP contribution in [0.1, 0.15) is 17.3 Å². The second-order valence-electron chi connectivity index (χ2n) is 4.69. The van der Waals surface area contributed by atoms with E-state index < -0.39 is 0 Å². The van der Waals surface area contributed by atoms with E-state index in [0.29, 0.717) is 11.5 Å². The average molecular weight is 325 g/mol. The van der Waals surface area contributed by atoms with Crippen molar-refractivity contribution in [1.29, 1.82) is 0 Å². The topological polar surface area (TPSA) is 68.0 Å². The third kappa shape index (κ3) is 3.78. The van der Waals surface area contributed by atoms with Crippen LogP contribution in [0.25, 0.3) is 11.5 Å². The fourth-order valence-electron chi connectivity index (χ4n) is 2.03. The summed E-state index contributed by atoms with van der Waals surface area (Å²) >= 11 is 1.68. The first-order chi connectivity index (χ1) is 11.3. The van der Waals surface area contributed by atoms with E-state index in [1.54, 1.807) is 17.8 Å². The lowest BCUT2D eigenvalue weighted by Crippen LogP contribution is -2.12. The Balaban J connectivity index is 1.73. The fraction of sp³-hybridized carbons (Fsp3) is 0.118. The van der Waals surface area contributed by atoms with E-state index in [4.69, 9.17) is 4.42 Å². The highest BCUT2D eigenvalue weighted by atomic mass is 32.2. The average Bonchev–Trinajstić information content (AvgIpc) is 3.05. The van der Waals surface area contributed by atoms with Crippen LogP contribution in [0.5, 0.6) is 0 Å². The van der Waals surface area contributed by atoms with Gasteiger partial charge in [-0.2, -0.15) is 0 Å². The van der Waals surface area contributed by atoms with Crippen LogP contribution >= 0.6 is 11.8 Å². The minimum Gasteiger partial charge on any atom is -0.403 e. The van der Waals surface area contributed by atoms with Gasteiger partial charge < -0.3 is 4.42 Å². The van der Waals surface area contributed by atoms with Crippen LogP contribution in [0.15, 0.2) is 63.9 Å². The van der Waals surface area contributed by atoms with E-state index in [9.17, 15) is 4.79 Å². The number of carbonyl (C=O) groups is 1. The number of nitrogens with zero attached hydrogens (tertiary/aromatic N) is 2. The maximum atomic E-state index is 12.3. The molecule has 5 nitrogen and oxygen atoms in total. The van der Waals surface area contributed by atoms with Gasteiger partial charge in [0.25, 0.3) is 5.91 Å². The predicted octanol–water partition coefficient (Wildman–Crippen LogP) is 4.10. The third-order valence-corrected chi connectivity index (χ3v) is 3.95. The van der Waals surface area contributed by atoms with Crippen molar-refractivity contribution in [2.75, 3.05) is 11.1 Å². The molecule has 116 valence electrons. The van der Waals surface area contributed by atoms with Crippen LogP contribution in [-0.2, 0) is 0 Å². The van der Waals surface area contributed by atoms with Crippen molar-refractivity contribution in [2.45, 2.75) is 11.8 Å². The summed E-state index contributed by atoms with van der Waals surface area (Å²) in [7, 11) is 0. The Labute approximate surface area is 138 Å². The minimum atomic E-state index is -0.271. The summed E-state index contributed by atoms with van der Waals surface area (Å²) in [6.07, 6.45) is 0. The number of amides is 1. The van der Waals surface area contributed by atoms with Crippen molar-refractivity contribution in [2.24, 2.45) is 0 Å². The van der Waals surface area contributed by atoms with Crippen LogP contribution in [0, 0.1) is 0 Å². The fourth-order valence-corrected chi connectivity index (χ4v) is 2.75. The van der Waals surface area contributed by atoms with Crippen molar-refractivity contribution in [3.63, 3.8) is 0 Å². The molecule has 0 spiro atoms. The van der Waals surface area contributed by atoms with Gasteiger partial charge in [0.05, 0.1) is 0 Å². The lowest BCUT2D eigenvalue weighted by Gasteiger charge is -2.03. The highest BCUT2D eigenvalue weighted by Gasteiger charge is 2.13. The van der Waals surface area contributed by atoms with E-state index in [0.717, 1.165) is 16.2 Å². The highest BCUT2D eigenvalue weighted by Crippen LogP contribution is 2.21. The number of anilines is 1. The zero-order valence-corrected chi connectivity index (χ0v) is 13.3. The summed E-state index contributed by atoms with van der Waals surface area (Å²) in [4.78, 5) is 13.3. The zero-order valence-electron chi connectivity index (χ0n) is 12.5. The summed E-state index contributed by atoms with van der Waals surface area (Å²) in [5.74, 6) is 1.05. The summed E-state index contributed by atoms with van der Waals surface area (Å²) < 4.78 is 5.48. The van der Waals surface area contributed by atoms with Crippen molar-refractivity contribution >= 4 is 23.7 Å². The molecule has 1 amide bonds. The number of carbonyl (C=O) groups excluding carboxylic acids is 1. The summed E-state index contributed by atoms with van der Waals surface area (Å²) in [6, 6.07) is 16.9. The largest absolute Gasteiger partial charge is 0.403 e. The SMILES string of the molecule is CCSc1cccc(C(=O)Nc2nnc(-c3ccccc3)o2)c1. The second-order valence-corrected chi connectivity index (χ2v) is 6.03. The molecular formula is C17H15N3O2S. The van der Waals surface area contributed by atoms with Crippen LogP contribution in [-0.4, -0.2) is 21.9 Å². The van der Waals surface area contributed by atoms with E-state index in [-0.39, 0.29) is 11.9 Å². The van der Waals surface area contributed by atoms with Crippen LogP contribution in [0.2, 0.25) is 0 Å². The van der Waals surface area contributed by atoms with Gasteiger partial charge in [-0.25, -0.2) is 0 Å². The Morgan fingerprint density at radius 3 is 2.74 bits per heavy atom. The molecule has 1 N–H and O–H groups in total. The number of rotatable bonds is 5. The van der Waals surface area contributed by atoms with E-state index >= 15 is 0 Å². The van der Waals surface area contributed by atoms with E-state index in [1.165, 1.54) is 0 Å². The number of thioether (sulfide) groups is 1. The first-order valence-electron chi connectivity index (χ1n) is 7.19. The van der Waals surface area contributed by atoms with E-state index in [1.807, 2.05) is 48.5 Å². The first-order valence-corrected chi connectivity index (χ1v) is 8.18. The number of aromatic nitrogens is 2. The Morgan fingerprint density at radius 2 is 1.96 bits per heavy atom. The molecule has 3 rings (SSSR count). The molecule has 2 aromatic carbocycles. The molecule has 0 radical (unpaired) electrons. The molecule has 0 unspecified atom stereocenters. The zero-order chi connectivity index (χ0) is 16.1. The van der Waals surface area contributed by atoms with Gasteiger partial charge in [0.1, 0.15) is 0 Å². The van der Waals surface area contributed by atoms with Gasteiger partial charge in [-0.3, -0.25) is 10.1 Å². The van der Waals surface area contributed by atoms with Crippen molar-refractivity contribution < 1.29 is 9.21 Å². The Morgan fingerprint density at radius 1 is 1.13 bits per heavy atom. The molecule has 23 heavy (non-hydrogen) atoms. The monoisotopic (exact) mass is 325 g/mol. The van der Waals surface area contributed by atoms with Gasteiger partial charge in [-0.1, -0.05) is 36.3 Å². The number of hydrogen-bond donors (Lipinski definition) is 1. The molecule has 0 saturated heterocycles. The Hall–Kier alpha value is -2.60. The molecule has 0 aliphatic heterocycles. The molecule has 0 bridgehead atoms. The molecule has 0 fully saturated rings. The molecule has 0 aliphatic carbocycles. The van der Waals surface area contributed by atoms with Crippen molar-refractivity contribution in [3.05, 3.63) is 60.2 Å². The molecule has 1 heterocycles. The summed E-state index contributed by atoms with van der Waals surface area (Å²) in [5.41, 5.74) is 1.37. The molecule has 6 heteroatoms. The third-order valence-electron chi connectivity index (χ3n) is 3.07.